The molecule has 0 amide bonds. The summed E-state index contributed by atoms with van der Waals surface area (Å²) in [5.41, 5.74) is 3.27. The van der Waals surface area contributed by atoms with Crippen LogP contribution in [0.3, 0.4) is 0 Å². The van der Waals surface area contributed by atoms with Crippen molar-refractivity contribution < 1.29 is 0 Å². The minimum Gasteiger partial charge on any atom is -0.301 e. The molecule has 0 spiro atoms. The molecule has 0 unspecified atom stereocenters. The van der Waals surface area contributed by atoms with Crippen LogP contribution in [-0.2, 0) is 5.75 Å². The van der Waals surface area contributed by atoms with Crippen molar-refractivity contribution >= 4 is 23.1 Å². The predicted octanol–water partition coefficient (Wildman–Crippen LogP) is 3.80. The molecule has 3 rings (SSSR count). The molecule has 0 aliphatic carbocycles. The molecule has 0 aliphatic heterocycles. The van der Waals surface area contributed by atoms with Gasteiger partial charge in [-0.05, 0) is 13.8 Å². The molecule has 4 nitrogen and oxygen atoms in total. The molecular weight excluding hydrogens is 314 g/mol. The average Bonchev–Trinajstić information content (AvgIpc) is 2.95. The summed E-state index contributed by atoms with van der Waals surface area (Å²) in [5.74, 6) is 0.707. The maximum absolute atomic E-state index is 12.1. The van der Waals surface area contributed by atoms with Crippen molar-refractivity contribution in [2.75, 3.05) is 0 Å². The minimum absolute atomic E-state index is 0.0910. The number of thiazole rings is 1. The summed E-state index contributed by atoms with van der Waals surface area (Å²) < 4.78 is 0. The van der Waals surface area contributed by atoms with Gasteiger partial charge in [0.15, 0.2) is 5.16 Å². The van der Waals surface area contributed by atoms with E-state index in [9.17, 15) is 4.79 Å². The summed E-state index contributed by atoms with van der Waals surface area (Å²) in [7, 11) is 0. The van der Waals surface area contributed by atoms with E-state index in [-0.39, 0.29) is 5.56 Å². The van der Waals surface area contributed by atoms with Crippen LogP contribution in [0.1, 0.15) is 16.3 Å². The van der Waals surface area contributed by atoms with Crippen LogP contribution in [0.4, 0.5) is 0 Å². The number of thioether (sulfide) groups is 1. The van der Waals surface area contributed by atoms with Gasteiger partial charge in [0.1, 0.15) is 5.01 Å². The fraction of sp³-hybridized carbons (Fsp3) is 0.188. The van der Waals surface area contributed by atoms with Gasteiger partial charge in [-0.15, -0.1) is 11.3 Å². The molecule has 112 valence electrons. The lowest BCUT2D eigenvalue weighted by molar-refractivity contribution is 0.923. The molecule has 2 aromatic heterocycles. The van der Waals surface area contributed by atoms with Gasteiger partial charge in [0.25, 0.3) is 5.56 Å². The van der Waals surface area contributed by atoms with Crippen LogP contribution in [0.5, 0.6) is 0 Å². The van der Waals surface area contributed by atoms with Gasteiger partial charge in [-0.3, -0.25) is 4.79 Å². The quantitative estimate of drug-likeness (QED) is 0.584. The lowest BCUT2D eigenvalue weighted by Crippen LogP contribution is -2.13. The lowest BCUT2D eigenvalue weighted by atomic mass is 10.1. The van der Waals surface area contributed by atoms with Crippen LogP contribution in [0.15, 0.2) is 45.7 Å². The highest BCUT2D eigenvalue weighted by atomic mass is 32.2. The van der Waals surface area contributed by atoms with Crippen LogP contribution in [0, 0.1) is 13.8 Å². The molecule has 0 saturated heterocycles. The first kappa shape index (κ1) is 15.0. The molecular formula is C16H15N3OS2. The van der Waals surface area contributed by atoms with Gasteiger partial charge in [-0.2, -0.15) is 0 Å². The molecule has 0 radical (unpaired) electrons. The number of hydrogen-bond donors (Lipinski definition) is 1. The topological polar surface area (TPSA) is 58.6 Å². The van der Waals surface area contributed by atoms with Gasteiger partial charge in [-0.1, -0.05) is 42.1 Å². The zero-order valence-electron chi connectivity index (χ0n) is 12.3. The second-order valence-corrected chi connectivity index (χ2v) is 6.79. The summed E-state index contributed by atoms with van der Waals surface area (Å²) in [5, 5.41) is 3.69. The molecule has 0 bridgehead atoms. The highest BCUT2D eigenvalue weighted by molar-refractivity contribution is 7.98. The van der Waals surface area contributed by atoms with Gasteiger partial charge < -0.3 is 4.98 Å². The van der Waals surface area contributed by atoms with Crippen molar-refractivity contribution in [2.45, 2.75) is 24.8 Å². The Morgan fingerprint density at radius 1 is 1.18 bits per heavy atom. The second-order valence-electron chi connectivity index (χ2n) is 4.88. The van der Waals surface area contributed by atoms with Crippen LogP contribution in [0.2, 0.25) is 0 Å². The highest BCUT2D eigenvalue weighted by Gasteiger charge is 2.10. The van der Waals surface area contributed by atoms with Crippen molar-refractivity contribution in [1.82, 2.24) is 15.0 Å². The third kappa shape index (κ3) is 3.28. The van der Waals surface area contributed by atoms with E-state index in [0.29, 0.717) is 16.5 Å². The Bertz CT molecular complexity index is 840. The first-order valence-electron chi connectivity index (χ1n) is 6.83. The lowest BCUT2D eigenvalue weighted by Gasteiger charge is -2.07. The Hall–Kier alpha value is -1.92. The van der Waals surface area contributed by atoms with E-state index in [4.69, 9.17) is 0 Å². The summed E-state index contributed by atoms with van der Waals surface area (Å²) in [4.78, 5) is 24.0. The number of H-pyrrole nitrogens is 1. The SMILES string of the molecule is Cc1csc(CSc2nc(-c3ccccc3)c(C)c(=O)[nH]2)n1. The average molecular weight is 329 g/mol. The molecule has 22 heavy (non-hydrogen) atoms. The molecule has 1 aromatic carbocycles. The van der Waals surface area contributed by atoms with E-state index in [1.54, 1.807) is 18.3 Å². The Kier molecular flexibility index (Phi) is 4.40. The first-order valence-corrected chi connectivity index (χ1v) is 8.70. The van der Waals surface area contributed by atoms with Gasteiger partial charge in [-0.25, -0.2) is 9.97 Å². The zero-order valence-corrected chi connectivity index (χ0v) is 13.9. The Labute approximate surface area is 136 Å². The predicted molar refractivity (Wildman–Crippen MR) is 91.4 cm³/mol. The second kappa shape index (κ2) is 6.46. The van der Waals surface area contributed by atoms with Crippen LogP contribution in [0.25, 0.3) is 11.3 Å². The van der Waals surface area contributed by atoms with Crippen LogP contribution in [-0.4, -0.2) is 15.0 Å². The third-order valence-electron chi connectivity index (χ3n) is 3.18. The molecule has 0 atom stereocenters. The summed E-state index contributed by atoms with van der Waals surface area (Å²) >= 11 is 3.12. The Morgan fingerprint density at radius 2 is 1.95 bits per heavy atom. The highest BCUT2D eigenvalue weighted by Crippen LogP contribution is 2.24. The van der Waals surface area contributed by atoms with E-state index < -0.39 is 0 Å². The normalized spacial score (nSPS) is 10.8. The van der Waals surface area contributed by atoms with E-state index >= 15 is 0 Å². The number of hydrogen-bond acceptors (Lipinski definition) is 5. The molecule has 2 heterocycles. The van der Waals surface area contributed by atoms with Crippen molar-refractivity contribution in [2.24, 2.45) is 0 Å². The zero-order chi connectivity index (χ0) is 15.5. The van der Waals surface area contributed by atoms with Crippen molar-refractivity contribution in [3.05, 3.63) is 62.3 Å². The maximum Gasteiger partial charge on any atom is 0.255 e. The summed E-state index contributed by atoms with van der Waals surface area (Å²) in [6, 6.07) is 9.78. The number of nitrogens with zero attached hydrogens (tertiary/aromatic N) is 2. The summed E-state index contributed by atoms with van der Waals surface area (Å²) in [6.45, 7) is 3.77. The van der Waals surface area contributed by atoms with E-state index in [0.717, 1.165) is 22.0 Å². The summed E-state index contributed by atoms with van der Waals surface area (Å²) in [6.07, 6.45) is 0. The fourth-order valence-corrected chi connectivity index (χ4v) is 3.71. The number of benzene rings is 1. The Morgan fingerprint density at radius 3 is 2.64 bits per heavy atom. The molecule has 0 fully saturated rings. The largest absolute Gasteiger partial charge is 0.301 e. The molecule has 0 aliphatic rings. The van der Waals surface area contributed by atoms with Crippen molar-refractivity contribution in [3.63, 3.8) is 0 Å². The number of nitrogens with one attached hydrogen (secondary N) is 1. The number of aryl methyl sites for hydroxylation is 1. The molecule has 1 N–H and O–H groups in total. The van der Waals surface area contributed by atoms with Crippen LogP contribution >= 0.6 is 23.1 Å². The van der Waals surface area contributed by atoms with Crippen molar-refractivity contribution in [3.8, 4) is 11.3 Å². The molecule has 0 saturated carbocycles. The van der Waals surface area contributed by atoms with E-state index in [1.807, 2.05) is 42.6 Å². The number of aromatic nitrogens is 3. The van der Waals surface area contributed by atoms with E-state index in [2.05, 4.69) is 15.0 Å². The molecule has 3 aromatic rings. The number of rotatable bonds is 4. The van der Waals surface area contributed by atoms with Gasteiger partial charge in [0.2, 0.25) is 0 Å². The fourth-order valence-electron chi connectivity index (χ4n) is 2.06. The maximum atomic E-state index is 12.1. The third-order valence-corrected chi connectivity index (χ3v) is 5.21. The van der Waals surface area contributed by atoms with Crippen LogP contribution < -0.4 is 5.56 Å². The monoisotopic (exact) mass is 329 g/mol. The smallest absolute Gasteiger partial charge is 0.255 e. The minimum atomic E-state index is -0.0910. The first-order chi connectivity index (χ1) is 10.6. The number of aromatic amines is 1. The van der Waals surface area contributed by atoms with Crippen molar-refractivity contribution in [1.29, 1.82) is 0 Å². The standard InChI is InChI=1S/C16H15N3OS2/c1-10-8-21-13(17-10)9-22-16-18-14(11(2)15(20)19-16)12-6-4-3-5-7-12/h3-8H,9H2,1-2H3,(H,18,19,20). The van der Waals surface area contributed by atoms with Gasteiger partial charge >= 0.3 is 0 Å². The Balaban J connectivity index is 1.89. The molecule has 6 heteroatoms. The van der Waals surface area contributed by atoms with Gasteiger partial charge in [0.05, 0.1) is 11.4 Å². The van der Waals surface area contributed by atoms with E-state index in [1.165, 1.54) is 11.8 Å². The van der Waals surface area contributed by atoms with Gasteiger partial charge in [0, 0.05) is 22.2 Å².